The first-order valence-corrected chi connectivity index (χ1v) is 8.42. The maximum atomic E-state index is 12.4. The Morgan fingerprint density at radius 3 is 2.65 bits per heavy atom. The summed E-state index contributed by atoms with van der Waals surface area (Å²) in [6, 6.07) is 0.0390. The van der Waals surface area contributed by atoms with Gasteiger partial charge in [0.15, 0.2) is 0 Å². The molecule has 20 heavy (non-hydrogen) atoms. The molecular formula is C16H30N2O2. The van der Waals surface area contributed by atoms with E-state index in [1.165, 1.54) is 25.7 Å². The first-order chi connectivity index (χ1) is 9.77. The topological polar surface area (TPSA) is 41.6 Å². The molecular weight excluding hydrogens is 252 g/mol. The molecule has 1 heterocycles. The highest BCUT2D eigenvalue weighted by atomic mass is 16.5. The SMILES string of the molecule is CCCOCCCN1C(=O)C(CC)NC1C1CCCC1. The average molecular weight is 282 g/mol. The number of ether oxygens (including phenoxy) is 1. The third-order valence-corrected chi connectivity index (χ3v) is 4.58. The van der Waals surface area contributed by atoms with Crippen molar-refractivity contribution < 1.29 is 9.53 Å². The van der Waals surface area contributed by atoms with Crippen LogP contribution in [0, 0.1) is 5.92 Å². The van der Waals surface area contributed by atoms with Crippen molar-refractivity contribution in [2.75, 3.05) is 19.8 Å². The van der Waals surface area contributed by atoms with E-state index in [0.717, 1.165) is 39.0 Å². The van der Waals surface area contributed by atoms with Crippen molar-refractivity contribution in [2.45, 2.75) is 71.0 Å². The lowest BCUT2D eigenvalue weighted by Gasteiger charge is -2.29. The predicted octanol–water partition coefficient (Wildman–Crippen LogP) is 2.53. The van der Waals surface area contributed by atoms with Gasteiger partial charge in [0.25, 0.3) is 0 Å². The number of hydrogen-bond donors (Lipinski definition) is 1. The van der Waals surface area contributed by atoms with Crippen LogP contribution in [0.3, 0.4) is 0 Å². The second-order valence-electron chi connectivity index (χ2n) is 6.11. The largest absolute Gasteiger partial charge is 0.381 e. The zero-order chi connectivity index (χ0) is 14.4. The van der Waals surface area contributed by atoms with Crippen molar-refractivity contribution in [1.29, 1.82) is 0 Å². The van der Waals surface area contributed by atoms with Gasteiger partial charge < -0.3 is 9.64 Å². The van der Waals surface area contributed by atoms with Gasteiger partial charge in [0.05, 0.1) is 12.2 Å². The normalized spacial score (nSPS) is 27.7. The average Bonchev–Trinajstić information content (AvgIpc) is 3.07. The van der Waals surface area contributed by atoms with Crippen LogP contribution < -0.4 is 5.32 Å². The van der Waals surface area contributed by atoms with Crippen LogP contribution in [0.25, 0.3) is 0 Å². The van der Waals surface area contributed by atoms with E-state index in [1.807, 2.05) is 0 Å². The molecule has 2 aliphatic rings. The fraction of sp³-hybridized carbons (Fsp3) is 0.938. The van der Waals surface area contributed by atoms with Crippen molar-refractivity contribution in [2.24, 2.45) is 5.92 Å². The van der Waals surface area contributed by atoms with E-state index < -0.39 is 0 Å². The van der Waals surface area contributed by atoms with E-state index in [9.17, 15) is 4.79 Å². The molecule has 2 rings (SSSR count). The molecule has 1 saturated carbocycles. The van der Waals surface area contributed by atoms with Crippen LogP contribution in [0.2, 0.25) is 0 Å². The van der Waals surface area contributed by atoms with Crippen molar-refractivity contribution in [3.05, 3.63) is 0 Å². The molecule has 2 atom stereocenters. The van der Waals surface area contributed by atoms with E-state index in [-0.39, 0.29) is 12.2 Å². The summed E-state index contributed by atoms with van der Waals surface area (Å²) >= 11 is 0. The van der Waals surface area contributed by atoms with Crippen LogP contribution >= 0.6 is 0 Å². The Hall–Kier alpha value is -0.610. The molecule has 116 valence electrons. The number of amides is 1. The monoisotopic (exact) mass is 282 g/mol. The Balaban J connectivity index is 1.85. The lowest BCUT2D eigenvalue weighted by Crippen LogP contribution is -2.43. The number of rotatable bonds is 8. The molecule has 1 saturated heterocycles. The summed E-state index contributed by atoms with van der Waals surface area (Å²) in [6.45, 7) is 6.65. The first kappa shape index (κ1) is 15.8. The molecule has 0 aromatic carbocycles. The van der Waals surface area contributed by atoms with E-state index in [2.05, 4.69) is 24.1 Å². The van der Waals surface area contributed by atoms with Gasteiger partial charge >= 0.3 is 0 Å². The highest BCUT2D eigenvalue weighted by molar-refractivity contribution is 5.84. The van der Waals surface area contributed by atoms with Gasteiger partial charge in [-0.3, -0.25) is 10.1 Å². The molecule has 4 nitrogen and oxygen atoms in total. The van der Waals surface area contributed by atoms with E-state index >= 15 is 0 Å². The highest BCUT2D eigenvalue weighted by Crippen LogP contribution is 2.32. The second kappa shape index (κ2) is 7.99. The van der Waals surface area contributed by atoms with Crippen molar-refractivity contribution in [3.63, 3.8) is 0 Å². The number of nitrogens with zero attached hydrogens (tertiary/aromatic N) is 1. The number of nitrogens with one attached hydrogen (secondary N) is 1. The van der Waals surface area contributed by atoms with Gasteiger partial charge in [-0.15, -0.1) is 0 Å². The maximum absolute atomic E-state index is 12.4. The smallest absolute Gasteiger partial charge is 0.241 e. The Bertz CT molecular complexity index is 303. The van der Waals surface area contributed by atoms with Crippen molar-refractivity contribution in [1.82, 2.24) is 10.2 Å². The maximum Gasteiger partial charge on any atom is 0.241 e. The number of hydrogen-bond acceptors (Lipinski definition) is 3. The summed E-state index contributed by atoms with van der Waals surface area (Å²) in [5.74, 6) is 0.965. The molecule has 0 aromatic rings. The Morgan fingerprint density at radius 2 is 2.00 bits per heavy atom. The molecule has 2 unspecified atom stereocenters. The van der Waals surface area contributed by atoms with Gasteiger partial charge in [0.1, 0.15) is 0 Å². The highest BCUT2D eigenvalue weighted by Gasteiger charge is 2.41. The molecule has 2 fully saturated rings. The van der Waals surface area contributed by atoms with Gasteiger partial charge in [-0.2, -0.15) is 0 Å². The van der Waals surface area contributed by atoms with Gasteiger partial charge in [-0.05, 0) is 38.0 Å². The number of carbonyl (C=O) groups excluding carboxylic acids is 1. The van der Waals surface area contributed by atoms with E-state index in [4.69, 9.17) is 4.74 Å². The molecule has 1 amide bonds. The molecule has 0 radical (unpaired) electrons. The summed E-state index contributed by atoms with van der Waals surface area (Å²) < 4.78 is 5.53. The summed E-state index contributed by atoms with van der Waals surface area (Å²) in [7, 11) is 0. The van der Waals surface area contributed by atoms with Gasteiger partial charge in [-0.1, -0.05) is 26.7 Å². The minimum atomic E-state index is 0.0390. The Morgan fingerprint density at radius 1 is 1.25 bits per heavy atom. The van der Waals surface area contributed by atoms with Crippen molar-refractivity contribution >= 4 is 5.91 Å². The predicted molar refractivity (Wildman–Crippen MR) is 80.4 cm³/mol. The van der Waals surface area contributed by atoms with Crippen LogP contribution in [0.15, 0.2) is 0 Å². The third kappa shape index (κ3) is 3.73. The second-order valence-corrected chi connectivity index (χ2v) is 6.11. The zero-order valence-corrected chi connectivity index (χ0v) is 13.1. The summed E-state index contributed by atoms with van der Waals surface area (Å²) in [6.07, 6.45) is 8.36. The van der Waals surface area contributed by atoms with Crippen LogP contribution in [0.5, 0.6) is 0 Å². The van der Waals surface area contributed by atoms with Crippen LogP contribution in [0.4, 0.5) is 0 Å². The summed E-state index contributed by atoms with van der Waals surface area (Å²) in [4.78, 5) is 14.5. The Kier molecular flexibility index (Phi) is 6.30. The lowest BCUT2D eigenvalue weighted by atomic mass is 10.0. The van der Waals surface area contributed by atoms with E-state index in [1.54, 1.807) is 0 Å². The first-order valence-electron chi connectivity index (χ1n) is 8.42. The molecule has 1 aliphatic carbocycles. The van der Waals surface area contributed by atoms with Crippen molar-refractivity contribution in [3.8, 4) is 0 Å². The zero-order valence-electron chi connectivity index (χ0n) is 13.1. The minimum Gasteiger partial charge on any atom is -0.381 e. The lowest BCUT2D eigenvalue weighted by molar-refractivity contribution is -0.130. The minimum absolute atomic E-state index is 0.0390. The molecule has 4 heteroatoms. The fourth-order valence-electron chi connectivity index (χ4n) is 3.49. The van der Waals surface area contributed by atoms with Crippen LogP contribution in [0.1, 0.15) is 58.8 Å². The molecule has 0 spiro atoms. The summed E-state index contributed by atoms with van der Waals surface area (Å²) in [5, 5.41) is 3.57. The van der Waals surface area contributed by atoms with Crippen LogP contribution in [-0.2, 0) is 9.53 Å². The van der Waals surface area contributed by atoms with Gasteiger partial charge in [0, 0.05) is 19.8 Å². The molecule has 0 bridgehead atoms. The quantitative estimate of drug-likeness (QED) is 0.696. The molecule has 1 N–H and O–H groups in total. The Labute approximate surface area is 123 Å². The van der Waals surface area contributed by atoms with Crippen LogP contribution in [-0.4, -0.2) is 42.8 Å². The number of carbonyl (C=O) groups is 1. The van der Waals surface area contributed by atoms with Gasteiger partial charge in [0.2, 0.25) is 5.91 Å². The molecule has 0 aromatic heterocycles. The third-order valence-electron chi connectivity index (χ3n) is 4.58. The molecule has 1 aliphatic heterocycles. The van der Waals surface area contributed by atoms with E-state index in [0.29, 0.717) is 11.8 Å². The van der Waals surface area contributed by atoms with Gasteiger partial charge in [-0.25, -0.2) is 0 Å². The standard InChI is InChI=1S/C16H30N2O2/c1-3-11-20-12-7-10-18-15(13-8-5-6-9-13)17-14(4-2)16(18)19/h13-15,17H,3-12H2,1-2H3. The summed E-state index contributed by atoms with van der Waals surface area (Å²) in [5.41, 5.74) is 0. The fourth-order valence-corrected chi connectivity index (χ4v) is 3.49.